The molecule has 0 aromatic heterocycles. The molecule has 1 aliphatic carbocycles. The molecule has 0 radical (unpaired) electrons. The molecule has 1 aromatic rings. The highest BCUT2D eigenvalue weighted by Gasteiger charge is 2.58. The van der Waals surface area contributed by atoms with Crippen LogP contribution in [0.25, 0.3) is 0 Å². The maximum absolute atomic E-state index is 11.2. The fourth-order valence-corrected chi connectivity index (χ4v) is 4.46. The van der Waals surface area contributed by atoms with E-state index >= 15 is 0 Å². The van der Waals surface area contributed by atoms with Crippen LogP contribution in [0.1, 0.15) is 31.2 Å². The third kappa shape index (κ3) is 1.31. The number of carboxylic acids is 1. The van der Waals surface area contributed by atoms with Crippen molar-refractivity contribution in [3.05, 3.63) is 29.8 Å². The van der Waals surface area contributed by atoms with Gasteiger partial charge in [-0.05, 0) is 24.5 Å². The van der Waals surface area contributed by atoms with E-state index in [0.29, 0.717) is 0 Å². The third-order valence-electron chi connectivity index (χ3n) is 3.77. The minimum absolute atomic E-state index is 0.200. The van der Waals surface area contributed by atoms with Crippen LogP contribution in [0, 0.1) is 5.92 Å². The van der Waals surface area contributed by atoms with Crippen LogP contribution in [0.3, 0.4) is 0 Å². The summed E-state index contributed by atoms with van der Waals surface area (Å²) in [5.74, 6) is -0.751. The minimum atomic E-state index is -0.673. The first-order chi connectivity index (χ1) is 7.64. The lowest BCUT2D eigenvalue weighted by Gasteiger charge is -2.22. The Kier molecular flexibility index (Phi) is 2.08. The molecule has 3 heteroatoms. The zero-order valence-electron chi connectivity index (χ0n) is 9.14. The zero-order valence-corrected chi connectivity index (χ0v) is 9.96. The fourth-order valence-electron chi connectivity index (χ4n) is 2.80. The van der Waals surface area contributed by atoms with Gasteiger partial charge in [-0.15, -0.1) is 11.8 Å². The number of fused-ring (bicyclic) bond motifs is 1. The third-order valence-corrected chi connectivity index (χ3v) is 5.43. The lowest BCUT2D eigenvalue weighted by molar-refractivity contribution is -0.142. The van der Waals surface area contributed by atoms with Crippen LogP contribution in [-0.2, 0) is 4.79 Å². The minimum Gasteiger partial charge on any atom is -0.481 e. The van der Waals surface area contributed by atoms with Gasteiger partial charge in [-0.2, -0.15) is 0 Å². The zero-order chi connectivity index (χ0) is 11.3. The second-order valence-corrected chi connectivity index (χ2v) is 6.27. The number of hydrogen-bond donors (Lipinski definition) is 1. The maximum atomic E-state index is 11.2. The molecule has 1 N–H and O–H groups in total. The molecule has 1 fully saturated rings. The van der Waals surface area contributed by atoms with Gasteiger partial charge in [0.2, 0.25) is 0 Å². The number of aliphatic carboxylic acids is 1. The van der Waals surface area contributed by atoms with Gasteiger partial charge in [0.05, 0.1) is 5.92 Å². The van der Waals surface area contributed by atoms with Crippen molar-refractivity contribution >= 4 is 17.7 Å². The van der Waals surface area contributed by atoms with E-state index in [-0.39, 0.29) is 16.6 Å². The Morgan fingerprint density at radius 1 is 1.50 bits per heavy atom. The molecule has 1 saturated carbocycles. The van der Waals surface area contributed by atoms with E-state index in [2.05, 4.69) is 12.1 Å². The molecule has 0 amide bonds. The van der Waals surface area contributed by atoms with Gasteiger partial charge in [0, 0.05) is 15.6 Å². The molecule has 0 bridgehead atoms. The Bertz CT molecular complexity index is 451. The summed E-state index contributed by atoms with van der Waals surface area (Å²) in [6.45, 7) is 1.84. The largest absolute Gasteiger partial charge is 0.481 e. The summed E-state index contributed by atoms with van der Waals surface area (Å²) in [5, 5.41) is 9.22. The van der Waals surface area contributed by atoms with Gasteiger partial charge in [-0.25, -0.2) is 0 Å². The van der Waals surface area contributed by atoms with E-state index in [1.807, 2.05) is 30.8 Å². The van der Waals surface area contributed by atoms with Gasteiger partial charge < -0.3 is 5.11 Å². The first-order valence-electron chi connectivity index (χ1n) is 5.65. The molecule has 2 aliphatic rings. The number of thioether (sulfide) groups is 1. The average Bonchev–Trinajstić information content (AvgIpc) is 2.93. The van der Waals surface area contributed by atoms with E-state index in [1.54, 1.807) is 0 Å². The molecule has 16 heavy (non-hydrogen) atoms. The first-order valence-corrected chi connectivity index (χ1v) is 6.46. The molecule has 2 nitrogen and oxygen atoms in total. The molecule has 2 atom stereocenters. The summed E-state index contributed by atoms with van der Waals surface area (Å²) >= 11 is 1.89. The van der Waals surface area contributed by atoms with Crippen LogP contribution in [0.2, 0.25) is 0 Å². The number of carboxylic acid groups (broad SMARTS) is 1. The van der Waals surface area contributed by atoms with Crippen LogP contribution in [0.5, 0.6) is 0 Å². The van der Waals surface area contributed by atoms with Crippen molar-refractivity contribution in [2.45, 2.75) is 35.3 Å². The van der Waals surface area contributed by atoms with Crippen LogP contribution < -0.4 is 0 Å². The van der Waals surface area contributed by atoms with Crippen molar-refractivity contribution in [2.24, 2.45) is 5.92 Å². The average molecular weight is 234 g/mol. The van der Waals surface area contributed by atoms with Crippen molar-refractivity contribution in [3.63, 3.8) is 0 Å². The van der Waals surface area contributed by atoms with Gasteiger partial charge in [-0.1, -0.05) is 25.1 Å². The lowest BCUT2D eigenvalue weighted by atomic mass is 9.83. The highest BCUT2D eigenvalue weighted by Crippen LogP contribution is 2.67. The van der Waals surface area contributed by atoms with Crippen LogP contribution in [-0.4, -0.2) is 15.8 Å². The Hall–Kier alpha value is -0.960. The molecule has 1 spiro atoms. The van der Waals surface area contributed by atoms with E-state index in [1.165, 1.54) is 10.5 Å². The molecule has 0 saturated heterocycles. The number of benzene rings is 1. The van der Waals surface area contributed by atoms with Crippen LogP contribution in [0.4, 0.5) is 0 Å². The predicted octanol–water partition coefficient (Wildman–Crippen LogP) is 3.13. The van der Waals surface area contributed by atoms with E-state index in [4.69, 9.17) is 0 Å². The van der Waals surface area contributed by atoms with Gasteiger partial charge in [0.15, 0.2) is 0 Å². The SMILES string of the molecule is CC(C(=O)O)C1c2ccccc2SC12CC2. The summed E-state index contributed by atoms with van der Waals surface area (Å²) in [4.78, 5) is 12.5. The molecule has 84 valence electrons. The van der Waals surface area contributed by atoms with Gasteiger partial charge in [0.25, 0.3) is 0 Å². The van der Waals surface area contributed by atoms with Crippen molar-refractivity contribution in [1.29, 1.82) is 0 Å². The summed E-state index contributed by atoms with van der Waals surface area (Å²) in [5.41, 5.74) is 1.25. The van der Waals surface area contributed by atoms with Crippen molar-refractivity contribution in [2.75, 3.05) is 0 Å². The molecule has 2 unspecified atom stereocenters. The monoisotopic (exact) mass is 234 g/mol. The predicted molar refractivity (Wildman–Crippen MR) is 63.8 cm³/mol. The van der Waals surface area contributed by atoms with E-state index < -0.39 is 5.97 Å². The summed E-state index contributed by atoms with van der Waals surface area (Å²) < 4.78 is 0.210. The van der Waals surface area contributed by atoms with Crippen LogP contribution >= 0.6 is 11.8 Å². The van der Waals surface area contributed by atoms with Crippen LogP contribution in [0.15, 0.2) is 29.2 Å². The summed E-state index contributed by atoms with van der Waals surface area (Å²) in [6, 6.07) is 8.27. The molecule has 3 rings (SSSR count). The maximum Gasteiger partial charge on any atom is 0.306 e. The topological polar surface area (TPSA) is 37.3 Å². The quantitative estimate of drug-likeness (QED) is 0.854. The van der Waals surface area contributed by atoms with E-state index in [9.17, 15) is 9.90 Å². The highest BCUT2D eigenvalue weighted by atomic mass is 32.2. The van der Waals surface area contributed by atoms with Gasteiger partial charge in [-0.3, -0.25) is 4.79 Å². The molecular weight excluding hydrogens is 220 g/mol. The van der Waals surface area contributed by atoms with E-state index in [0.717, 1.165) is 12.8 Å². The summed E-state index contributed by atoms with van der Waals surface area (Å²) in [6.07, 6.45) is 2.32. The number of rotatable bonds is 2. The Balaban J connectivity index is 2.05. The first kappa shape index (κ1) is 10.2. The molecule has 1 heterocycles. The van der Waals surface area contributed by atoms with Crippen molar-refractivity contribution < 1.29 is 9.90 Å². The molecular formula is C13H14O2S. The highest BCUT2D eigenvalue weighted by molar-refractivity contribution is 8.01. The standard InChI is InChI=1S/C13H14O2S/c1-8(12(14)15)11-9-4-2-3-5-10(9)16-13(11)6-7-13/h2-5,8,11H,6-7H2,1H3,(H,14,15). The molecule has 1 aliphatic heterocycles. The second-order valence-electron chi connectivity index (χ2n) is 4.81. The van der Waals surface area contributed by atoms with Crippen molar-refractivity contribution in [3.8, 4) is 0 Å². The summed E-state index contributed by atoms with van der Waals surface area (Å²) in [7, 11) is 0. The number of carbonyl (C=O) groups is 1. The second kappa shape index (κ2) is 3.27. The Labute approximate surface area is 99.1 Å². The van der Waals surface area contributed by atoms with Gasteiger partial charge in [0.1, 0.15) is 0 Å². The molecule has 1 aromatic carbocycles. The Morgan fingerprint density at radius 2 is 2.19 bits per heavy atom. The normalized spacial score (nSPS) is 26.4. The lowest BCUT2D eigenvalue weighted by Crippen LogP contribution is -2.25. The Morgan fingerprint density at radius 3 is 2.81 bits per heavy atom. The van der Waals surface area contributed by atoms with Crippen molar-refractivity contribution in [1.82, 2.24) is 0 Å². The smallest absolute Gasteiger partial charge is 0.306 e. The fraction of sp³-hybridized carbons (Fsp3) is 0.462. The number of hydrogen-bond acceptors (Lipinski definition) is 2. The van der Waals surface area contributed by atoms with Gasteiger partial charge >= 0.3 is 5.97 Å².